The minimum atomic E-state index is -0.103. The maximum absolute atomic E-state index is 7.20. The van der Waals surface area contributed by atoms with Crippen molar-refractivity contribution in [2.45, 2.75) is 32.1 Å². The molecule has 9 aromatic carbocycles. The predicted molar refractivity (Wildman–Crippen MR) is 267 cm³/mol. The van der Waals surface area contributed by atoms with Gasteiger partial charge in [0.2, 0.25) is 0 Å². The molecule has 64 heavy (non-hydrogen) atoms. The van der Waals surface area contributed by atoms with Crippen molar-refractivity contribution in [3.63, 3.8) is 0 Å². The summed E-state index contributed by atoms with van der Waals surface area (Å²) >= 11 is 0. The van der Waals surface area contributed by atoms with Crippen molar-refractivity contribution >= 4 is 71.6 Å². The van der Waals surface area contributed by atoms with Gasteiger partial charge in [0.25, 0.3) is 0 Å². The van der Waals surface area contributed by atoms with Crippen LogP contribution in [-0.4, -0.2) is 0 Å². The van der Waals surface area contributed by atoms with Crippen LogP contribution in [0.15, 0.2) is 215 Å². The molecule has 2 aromatic heterocycles. The van der Waals surface area contributed by atoms with Gasteiger partial charge < -0.3 is 13.7 Å². The van der Waals surface area contributed by atoms with E-state index in [1.165, 1.54) is 61.1 Å². The van der Waals surface area contributed by atoms with E-state index in [1.807, 2.05) is 6.07 Å². The van der Waals surface area contributed by atoms with Gasteiger partial charge in [-0.25, -0.2) is 0 Å². The Hall–Kier alpha value is -7.88. The Balaban J connectivity index is 0.953. The minimum Gasteiger partial charge on any atom is -0.456 e. The molecule has 0 bridgehead atoms. The van der Waals surface area contributed by atoms with Crippen LogP contribution in [0, 0.1) is 0 Å². The molecular weight excluding hydrogens is 779 g/mol. The summed E-state index contributed by atoms with van der Waals surface area (Å²) in [5.41, 5.74) is 19.4. The highest BCUT2D eigenvalue weighted by atomic mass is 16.3. The quantitative estimate of drug-likeness (QED) is 0.167. The van der Waals surface area contributed by atoms with E-state index in [0.29, 0.717) is 0 Å². The predicted octanol–water partition coefficient (Wildman–Crippen LogP) is 17.2. The van der Waals surface area contributed by atoms with E-state index in [4.69, 9.17) is 8.83 Å². The summed E-state index contributed by atoms with van der Waals surface area (Å²) in [7, 11) is 0. The molecule has 2 heterocycles. The highest BCUT2D eigenvalue weighted by Crippen LogP contribution is 2.51. The Morgan fingerprint density at radius 2 is 1.14 bits per heavy atom. The highest BCUT2D eigenvalue weighted by Gasteiger charge is 2.36. The Labute approximate surface area is 371 Å². The van der Waals surface area contributed by atoms with Crippen LogP contribution in [0.3, 0.4) is 0 Å². The zero-order valence-electron chi connectivity index (χ0n) is 35.7. The number of fused-ring (bicyclic) bond motifs is 10. The molecule has 0 saturated carbocycles. The highest BCUT2D eigenvalue weighted by molar-refractivity contribution is 6.24. The van der Waals surface area contributed by atoms with Crippen LogP contribution in [0.2, 0.25) is 0 Å². The first-order valence-electron chi connectivity index (χ1n) is 22.4. The molecule has 11 aromatic rings. The third kappa shape index (κ3) is 5.60. The van der Waals surface area contributed by atoms with Crippen molar-refractivity contribution in [2.24, 2.45) is 0 Å². The summed E-state index contributed by atoms with van der Waals surface area (Å²) in [4.78, 5) is 2.47. The van der Waals surface area contributed by atoms with Crippen LogP contribution in [0.4, 0.5) is 11.4 Å². The van der Waals surface area contributed by atoms with Crippen molar-refractivity contribution < 1.29 is 8.83 Å². The SMILES string of the molecule is CC1(C)c2ccccc2-c2ccc(N(C3=CC=C(c4cccc5c4oc4c(-c6ccc7ccccc7c6)c6c(cc45)oc4ccccc46)CC3)c3ccc(-c4ccccc4)cc3)cc21. The molecule has 0 aliphatic heterocycles. The molecule has 0 saturated heterocycles. The summed E-state index contributed by atoms with van der Waals surface area (Å²) in [6, 6.07) is 68.1. The Morgan fingerprint density at radius 1 is 0.438 bits per heavy atom. The first kappa shape index (κ1) is 36.7. The molecule has 0 N–H and O–H groups in total. The van der Waals surface area contributed by atoms with Gasteiger partial charge in [-0.3, -0.25) is 0 Å². The molecule has 3 heteroatoms. The molecular formula is C61H43NO2. The Morgan fingerprint density at radius 3 is 2.00 bits per heavy atom. The van der Waals surface area contributed by atoms with Crippen molar-refractivity contribution in [1.82, 2.24) is 0 Å². The van der Waals surface area contributed by atoms with E-state index < -0.39 is 0 Å². The normalized spacial score (nSPS) is 14.3. The van der Waals surface area contributed by atoms with E-state index in [1.54, 1.807) is 0 Å². The number of furan rings is 2. The van der Waals surface area contributed by atoms with Gasteiger partial charge in [0.1, 0.15) is 22.3 Å². The van der Waals surface area contributed by atoms with Gasteiger partial charge >= 0.3 is 0 Å². The lowest BCUT2D eigenvalue weighted by atomic mass is 9.82. The summed E-state index contributed by atoms with van der Waals surface area (Å²) in [6.07, 6.45) is 6.39. The molecule has 0 radical (unpaired) electrons. The summed E-state index contributed by atoms with van der Waals surface area (Å²) in [5.74, 6) is 0. The van der Waals surface area contributed by atoms with Crippen LogP contribution in [0.1, 0.15) is 43.4 Å². The molecule has 3 nitrogen and oxygen atoms in total. The second-order valence-corrected chi connectivity index (χ2v) is 17.9. The first-order valence-corrected chi connectivity index (χ1v) is 22.4. The van der Waals surface area contributed by atoms with Crippen LogP contribution in [0.25, 0.3) is 93.6 Å². The Kier molecular flexibility index (Phi) is 8.08. The number of benzene rings is 9. The average Bonchev–Trinajstić information content (AvgIpc) is 3.98. The average molecular weight is 822 g/mol. The molecule has 0 unspecified atom stereocenters. The number of para-hydroxylation sites is 2. The van der Waals surface area contributed by atoms with Gasteiger partial charge in [-0.1, -0.05) is 166 Å². The van der Waals surface area contributed by atoms with Crippen LogP contribution < -0.4 is 4.90 Å². The number of nitrogens with zero attached hydrogens (tertiary/aromatic N) is 1. The molecule has 0 fully saturated rings. The molecule has 0 spiro atoms. The number of hydrogen-bond donors (Lipinski definition) is 0. The van der Waals surface area contributed by atoms with Gasteiger partial charge in [-0.15, -0.1) is 0 Å². The second-order valence-electron chi connectivity index (χ2n) is 17.9. The minimum absolute atomic E-state index is 0.103. The molecule has 2 aliphatic carbocycles. The number of rotatable bonds is 6. The van der Waals surface area contributed by atoms with Gasteiger partial charge in [-0.2, -0.15) is 0 Å². The molecule has 0 amide bonds. The standard InChI is InChI=1S/C61H43NO2/c1-61(2)53-21-10-8-17-48(53)49-34-33-46(36-54(49)61)62(44-29-25-40(26-30-44)38-13-4-3-5-14-38)45-31-27-41(28-32-45)47-19-12-20-50-52-37-56-58(51-18-9-11-22-55(51)63-56)57(60(52)64-59(47)50)43-24-23-39-15-6-7-16-42(39)35-43/h3-27,29-31,33-37H,28,32H2,1-2H3. The van der Waals surface area contributed by atoms with Gasteiger partial charge in [-0.05, 0) is 117 Å². The lowest BCUT2D eigenvalue weighted by Crippen LogP contribution is -2.20. The van der Waals surface area contributed by atoms with Crippen molar-refractivity contribution in [1.29, 1.82) is 0 Å². The zero-order chi connectivity index (χ0) is 42.5. The van der Waals surface area contributed by atoms with Gasteiger partial charge in [0, 0.05) is 55.2 Å². The fraction of sp³-hybridized carbons (Fsp3) is 0.0820. The van der Waals surface area contributed by atoms with Crippen molar-refractivity contribution in [2.75, 3.05) is 4.90 Å². The topological polar surface area (TPSA) is 29.5 Å². The maximum atomic E-state index is 7.20. The second kappa shape index (κ2) is 14.1. The monoisotopic (exact) mass is 821 g/mol. The van der Waals surface area contributed by atoms with Crippen LogP contribution in [-0.2, 0) is 5.41 Å². The molecule has 0 atom stereocenters. The summed E-state index contributed by atoms with van der Waals surface area (Å²) in [6.45, 7) is 4.72. The fourth-order valence-electron chi connectivity index (χ4n) is 10.8. The molecule has 13 rings (SSSR count). The van der Waals surface area contributed by atoms with E-state index in [2.05, 4.69) is 213 Å². The lowest BCUT2D eigenvalue weighted by Gasteiger charge is -2.31. The van der Waals surface area contributed by atoms with Gasteiger partial charge in [0.15, 0.2) is 0 Å². The summed E-state index contributed by atoms with van der Waals surface area (Å²) < 4.78 is 13.8. The van der Waals surface area contributed by atoms with Crippen molar-refractivity contribution in [3.8, 4) is 33.4 Å². The van der Waals surface area contributed by atoms with E-state index in [-0.39, 0.29) is 5.41 Å². The van der Waals surface area contributed by atoms with Crippen molar-refractivity contribution in [3.05, 3.63) is 223 Å². The van der Waals surface area contributed by atoms with Crippen LogP contribution in [0.5, 0.6) is 0 Å². The molecule has 304 valence electrons. The van der Waals surface area contributed by atoms with E-state index in [9.17, 15) is 0 Å². The Bertz CT molecular complexity index is 3750. The first-order chi connectivity index (χ1) is 31.5. The number of anilines is 2. The van der Waals surface area contributed by atoms with E-state index >= 15 is 0 Å². The smallest absolute Gasteiger partial charge is 0.144 e. The fourth-order valence-corrected chi connectivity index (χ4v) is 10.8. The zero-order valence-corrected chi connectivity index (χ0v) is 35.7. The van der Waals surface area contributed by atoms with Gasteiger partial charge in [0.05, 0.1) is 0 Å². The third-order valence-corrected chi connectivity index (χ3v) is 14.0. The molecule has 2 aliphatic rings. The maximum Gasteiger partial charge on any atom is 0.144 e. The largest absolute Gasteiger partial charge is 0.456 e. The third-order valence-electron chi connectivity index (χ3n) is 14.0. The lowest BCUT2D eigenvalue weighted by molar-refractivity contribution is 0.660. The summed E-state index contributed by atoms with van der Waals surface area (Å²) in [5, 5.41) is 6.73. The van der Waals surface area contributed by atoms with E-state index in [0.717, 1.165) is 79.1 Å². The number of allylic oxidation sites excluding steroid dienone is 4. The van der Waals surface area contributed by atoms with Crippen LogP contribution >= 0.6 is 0 Å². The number of hydrogen-bond acceptors (Lipinski definition) is 3.